The fourth-order valence-corrected chi connectivity index (χ4v) is 2.52. The molecule has 0 saturated carbocycles. The molecule has 20 heavy (non-hydrogen) atoms. The lowest BCUT2D eigenvalue weighted by Gasteiger charge is -2.14. The standard InChI is InChI=1S/C17H16Cl2O/c1-2-13(10-12-6-8-15(18)9-7-12)17(20)14-4-3-5-16(19)11-14/h3-9,11,13H,2,10H2,1H3. The van der Waals surface area contributed by atoms with Crippen molar-refractivity contribution in [3.63, 3.8) is 0 Å². The lowest BCUT2D eigenvalue weighted by molar-refractivity contribution is 0.0916. The quantitative estimate of drug-likeness (QED) is 0.672. The van der Waals surface area contributed by atoms with E-state index in [1.54, 1.807) is 12.1 Å². The molecule has 0 aliphatic heterocycles. The van der Waals surface area contributed by atoms with Gasteiger partial charge in [0, 0.05) is 21.5 Å². The summed E-state index contributed by atoms with van der Waals surface area (Å²) in [4.78, 5) is 12.5. The van der Waals surface area contributed by atoms with Crippen LogP contribution in [0.15, 0.2) is 48.5 Å². The number of ketones is 1. The topological polar surface area (TPSA) is 17.1 Å². The van der Waals surface area contributed by atoms with Crippen molar-refractivity contribution in [3.05, 3.63) is 69.7 Å². The minimum atomic E-state index is -0.0327. The first kappa shape index (κ1) is 15.1. The van der Waals surface area contributed by atoms with E-state index in [9.17, 15) is 4.79 Å². The predicted octanol–water partition coefficient (Wildman–Crippen LogP) is 5.45. The van der Waals surface area contributed by atoms with E-state index < -0.39 is 0 Å². The van der Waals surface area contributed by atoms with Crippen LogP contribution in [-0.2, 0) is 6.42 Å². The maximum absolute atomic E-state index is 12.5. The summed E-state index contributed by atoms with van der Waals surface area (Å²) in [5.74, 6) is 0.111. The molecule has 0 aliphatic carbocycles. The summed E-state index contributed by atoms with van der Waals surface area (Å²) in [5.41, 5.74) is 1.80. The van der Waals surface area contributed by atoms with Crippen LogP contribution in [0.2, 0.25) is 10.0 Å². The van der Waals surface area contributed by atoms with Gasteiger partial charge < -0.3 is 0 Å². The summed E-state index contributed by atoms with van der Waals surface area (Å²) in [5, 5.41) is 1.31. The van der Waals surface area contributed by atoms with Crippen molar-refractivity contribution in [2.45, 2.75) is 19.8 Å². The number of hydrogen-bond acceptors (Lipinski definition) is 1. The molecular weight excluding hydrogens is 291 g/mol. The predicted molar refractivity (Wildman–Crippen MR) is 84.7 cm³/mol. The maximum Gasteiger partial charge on any atom is 0.166 e. The van der Waals surface area contributed by atoms with E-state index in [0.717, 1.165) is 18.4 Å². The lowest BCUT2D eigenvalue weighted by Crippen LogP contribution is -2.16. The summed E-state index contributed by atoms with van der Waals surface area (Å²) in [6, 6.07) is 14.8. The Kier molecular flexibility index (Phi) is 5.22. The second kappa shape index (κ2) is 6.92. The maximum atomic E-state index is 12.5. The number of carbonyl (C=O) groups is 1. The molecule has 2 aromatic carbocycles. The largest absolute Gasteiger partial charge is 0.294 e. The molecule has 3 heteroatoms. The Morgan fingerprint density at radius 1 is 1.05 bits per heavy atom. The fourth-order valence-electron chi connectivity index (χ4n) is 2.20. The second-order valence-corrected chi connectivity index (χ2v) is 5.68. The molecule has 2 rings (SSSR count). The van der Waals surface area contributed by atoms with Crippen molar-refractivity contribution in [1.82, 2.24) is 0 Å². The number of Topliss-reactive ketones (excluding diaryl/α,β-unsaturated/α-hetero) is 1. The molecule has 0 N–H and O–H groups in total. The van der Waals surface area contributed by atoms with Gasteiger partial charge in [0.15, 0.2) is 5.78 Å². The van der Waals surface area contributed by atoms with Crippen LogP contribution < -0.4 is 0 Å². The third-order valence-corrected chi connectivity index (χ3v) is 3.86. The van der Waals surface area contributed by atoms with Gasteiger partial charge in [-0.15, -0.1) is 0 Å². The summed E-state index contributed by atoms with van der Waals surface area (Å²) in [6.45, 7) is 2.03. The molecule has 0 saturated heterocycles. The van der Waals surface area contributed by atoms with Crippen LogP contribution in [0.5, 0.6) is 0 Å². The van der Waals surface area contributed by atoms with E-state index in [1.165, 1.54) is 0 Å². The van der Waals surface area contributed by atoms with E-state index in [2.05, 4.69) is 0 Å². The van der Waals surface area contributed by atoms with Crippen molar-refractivity contribution in [2.75, 3.05) is 0 Å². The Labute approximate surface area is 129 Å². The summed E-state index contributed by atoms with van der Waals surface area (Å²) in [6.07, 6.45) is 1.52. The van der Waals surface area contributed by atoms with Crippen LogP contribution in [-0.4, -0.2) is 5.78 Å². The van der Waals surface area contributed by atoms with Gasteiger partial charge in [-0.25, -0.2) is 0 Å². The van der Waals surface area contributed by atoms with Crippen molar-refractivity contribution < 1.29 is 4.79 Å². The number of hydrogen-bond donors (Lipinski definition) is 0. The molecule has 1 unspecified atom stereocenters. The summed E-state index contributed by atoms with van der Waals surface area (Å²) in [7, 11) is 0. The minimum Gasteiger partial charge on any atom is -0.294 e. The van der Waals surface area contributed by atoms with E-state index >= 15 is 0 Å². The number of carbonyl (C=O) groups excluding carboxylic acids is 1. The van der Waals surface area contributed by atoms with Crippen LogP contribution in [0, 0.1) is 5.92 Å². The first-order valence-corrected chi connectivity index (χ1v) is 7.40. The van der Waals surface area contributed by atoms with Gasteiger partial charge in [-0.2, -0.15) is 0 Å². The molecule has 1 nitrogen and oxygen atoms in total. The summed E-state index contributed by atoms with van der Waals surface area (Å²) < 4.78 is 0. The van der Waals surface area contributed by atoms with Gasteiger partial charge in [-0.1, -0.05) is 54.4 Å². The van der Waals surface area contributed by atoms with E-state index in [1.807, 2.05) is 43.3 Å². The lowest BCUT2D eigenvalue weighted by atomic mass is 9.89. The smallest absolute Gasteiger partial charge is 0.166 e. The van der Waals surface area contributed by atoms with Crippen molar-refractivity contribution in [3.8, 4) is 0 Å². The average Bonchev–Trinajstić information content (AvgIpc) is 2.46. The van der Waals surface area contributed by atoms with Crippen molar-refractivity contribution in [1.29, 1.82) is 0 Å². The minimum absolute atomic E-state index is 0.0327. The molecule has 0 aliphatic rings. The highest BCUT2D eigenvalue weighted by atomic mass is 35.5. The van der Waals surface area contributed by atoms with Crippen LogP contribution in [0.25, 0.3) is 0 Å². The first-order chi connectivity index (χ1) is 9.60. The monoisotopic (exact) mass is 306 g/mol. The molecule has 0 heterocycles. The fraction of sp³-hybridized carbons (Fsp3) is 0.235. The highest BCUT2D eigenvalue weighted by Gasteiger charge is 2.18. The van der Waals surface area contributed by atoms with E-state index in [4.69, 9.17) is 23.2 Å². The molecule has 0 spiro atoms. The van der Waals surface area contributed by atoms with Crippen LogP contribution in [0.4, 0.5) is 0 Å². The zero-order chi connectivity index (χ0) is 14.5. The van der Waals surface area contributed by atoms with Crippen molar-refractivity contribution in [2.24, 2.45) is 5.92 Å². The Morgan fingerprint density at radius 3 is 2.35 bits per heavy atom. The van der Waals surface area contributed by atoms with E-state index in [0.29, 0.717) is 15.6 Å². The second-order valence-electron chi connectivity index (χ2n) is 4.81. The molecule has 0 radical (unpaired) electrons. The zero-order valence-corrected chi connectivity index (χ0v) is 12.8. The zero-order valence-electron chi connectivity index (χ0n) is 11.3. The Morgan fingerprint density at radius 2 is 1.75 bits per heavy atom. The van der Waals surface area contributed by atoms with Crippen LogP contribution in [0.1, 0.15) is 29.3 Å². The Bertz CT molecular complexity index is 590. The summed E-state index contributed by atoms with van der Waals surface area (Å²) >= 11 is 11.8. The Balaban J connectivity index is 2.15. The first-order valence-electron chi connectivity index (χ1n) is 6.64. The number of halogens is 2. The third-order valence-electron chi connectivity index (χ3n) is 3.37. The Hall–Kier alpha value is -1.31. The molecule has 0 fully saturated rings. The highest BCUT2D eigenvalue weighted by molar-refractivity contribution is 6.31. The molecule has 104 valence electrons. The van der Waals surface area contributed by atoms with Gasteiger partial charge in [0.2, 0.25) is 0 Å². The normalized spacial score (nSPS) is 12.2. The van der Waals surface area contributed by atoms with Gasteiger partial charge in [-0.3, -0.25) is 4.79 Å². The molecule has 0 amide bonds. The SMILES string of the molecule is CCC(Cc1ccc(Cl)cc1)C(=O)c1cccc(Cl)c1. The molecule has 2 aromatic rings. The number of benzene rings is 2. The van der Waals surface area contributed by atoms with E-state index in [-0.39, 0.29) is 11.7 Å². The van der Waals surface area contributed by atoms with Crippen LogP contribution >= 0.6 is 23.2 Å². The van der Waals surface area contributed by atoms with Gasteiger partial charge in [0.25, 0.3) is 0 Å². The highest BCUT2D eigenvalue weighted by Crippen LogP contribution is 2.21. The molecular formula is C17H16Cl2O. The molecule has 1 atom stereocenters. The molecule has 0 bridgehead atoms. The van der Waals surface area contributed by atoms with Gasteiger partial charge >= 0.3 is 0 Å². The molecule has 0 aromatic heterocycles. The van der Waals surface area contributed by atoms with Crippen molar-refractivity contribution >= 4 is 29.0 Å². The third kappa shape index (κ3) is 3.84. The van der Waals surface area contributed by atoms with Gasteiger partial charge in [0.1, 0.15) is 0 Å². The number of rotatable bonds is 5. The van der Waals surface area contributed by atoms with Gasteiger partial charge in [-0.05, 0) is 42.7 Å². The average molecular weight is 307 g/mol. The van der Waals surface area contributed by atoms with Gasteiger partial charge in [0.05, 0.1) is 0 Å². The van der Waals surface area contributed by atoms with Crippen LogP contribution in [0.3, 0.4) is 0 Å².